The lowest BCUT2D eigenvalue weighted by atomic mass is 10.2. The van der Waals surface area contributed by atoms with E-state index < -0.39 is 0 Å². The van der Waals surface area contributed by atoms with Crippen molar-refractivity contribution in [2.75, 3.05) is 27.3 Å². The van der Waals surface area contributed by atoms with Crippen LogP contribution in [-0.2, 0) is 11.3 Å². The van der Waals surface area contributed by atoms with E-state index >= 15 is 0 Å². The first-order valence-corrected chi connectivity index (χ1v) is 8.65. The number of pyridine rings is 1. The first-order chi connectivity index (χ1) is 13.1. The van der Waals surface area contributed by atoms with Crippen LogP contribution in [0.3, 0.4) is 0 Å². The van der Waals surface area contributed by atoms with Crippen molar-refractivity contribution in [3.63, 3.8) is 0 Å². The van der Waals surface area contributed by atoms with Gasteiger partial charge in [-0.25, -0.2) is 4.98 Å². The Labute approximate surface area is 157 Å². The second-order valence-electron chi connectivity index (χ2n) is 6.14. The number of ether oxygens (including phenoxy) is 1. The highest BCUT2D eigenvalue weighted by molar-refractivity contribution is 6.02. The summed E-state index contributed by atoms with van der Waals surface area (Å²) in [6, 6.07) is 15.1. The Balaban J connectivity index is 1.87. The van der Waals surface area contributed by atoms with E-state index in [9.17, 15) is 9.59 Å². The van der Waals surface area contributed by atoms with Crippen LogP contribution < -0.4 is 5.32 Å². The molecule has 0 bridgehead atoms. The van der Waals surface area contributed by atoms with Gasteiger partial charge in [0.15, 0.2) is 5.69 Å². The SMILES string of the molecule is COCCNC(=O)c1nc(C(=O)N(C)Cc2ccccc2)n2ccccc12. The van der Waals surface area contributed by atoms with Crippen molar-refractivity contribution < 1.29 is 14.3 Å². The number of aromatic nitrogens is 2. The maximum atomic E-state index is 13.0. The molecule has 2 heterocycles. The fourth-order valence-electron chi connectivity index (χ4n) is 2.81. The third-order valence-corrected chi connectivity index (χ3v) is 4.16. The standard InChI is InChI=1S/C20H22N4O3/c1-23(14-15-8-4-3-5-9-15)20(26)18-22-17(19(25)21-11-13-27-2)16-10-6-7-12-24(16)18/h3-10,12H,11,13-14H2,1-2H3,(H,21,25). The van der Waals surface area contributed by atoms with Gasteiger partial charge in [-0.05, 0) is 17.7 Å². The van der Waals surface area contributed by atoms with Crippen LogP contribution in [0.15, 0.2) is 54.7 Å². The molecule has 0 atom stereocenters. The van der Waals surface area contributed by atoms with E-state index in [1.54, 1.807) is 41.8 Å². The average Bonchev–Trinajstić information content (AvgIpc) is 3.08. The number of imidazole rings is 1. The normalized spacial score (nSPS) is 10.7. The van der Waals surface area contributed by atoms with Gasteiger partial charge in [-0.15, -0.1) is 0 Å². The summed E-state index contributed by atoms with van der Waals surface area (Å²) in [7, 11) is 3.29. The molecule has 2 aromatic heterocycles. The second-order valence-corrected chi connectivity index (χ2v) is 6.14. The highest BCUT2D eigenvalue weighted by Gasteiger charge is 2.23. The molecule has 3 rings (SSSR count). The van der Waals surface area contributed by atoms with E-state index in [1.807, 2.05) is 36.4 Å². The van der Waals surface area contributed by atoms with Crippen molar-refractivity contribution in [3.8, 4) is 0 Å². The first kappa shape index (κ1) is 18.6. The Morgan fingerprint density at radius 1 is 1.15 bits per heavy atom. The molecule has 0 unspecified atom stereocenters. The molecule has 0 radical (unpaired) electrons. The molecule has 0 fully saturated rings. The van der Waals surface area contributed by atoms with Crippen LogP contribution in [0.5, 0.6) is 0 Å². The van der Waals surface area contributed by atoms with Gasteiger partial charge in [0, 0.05) is 33.4 Å². The number of carbonyl (C=O) groups excluding carboxylic acids is 2. The maximum Gasteiger partial charge on any atom is 0.290 e. The summed E-state index contributed by atoms with van der Waals surface area (Å²) in [5.74, 6) is -0.377. The third kappa shape index (κ3) is 4.15. The molecule has 1 aromatic carbocycles. The smallest absolute Gasteiger partial charge is 0.290 e. The maximum absolute atomic E-state index is 13.0. The lowest BCUT2D eigenvalue weighted by Crippen LogP contribution is -2.29. The molecule has 0 aliphatic carbocycles. The van der Waals surface area contributed by atoms with Gasteiger partial charge in [0.2, 0.25) is 5.82 Å². The Morgan fingerprint density at radius 2 is 1.89 bits per heavy atom. The van der Waals surface area contributed by atoms with E-state index in [4.69, 9.17) is 4.74 Å². The number of rotatable bonds is 7. The highest BCUT2D eigenvalue weighted by Crippen LogP contribution is 2.15. The molecule has 140 valence electrons. The molecular formula is C20H22N4O3. The monoisotopic (exact) mass is 366 g/mol. The quantitative estimate of drug-likeness (QED) is 0.649. The van der Waals surface area contributed by atoms with Crippen LogP contribution in [0, 0.1) is 0 Å². The lowest BCUT2D eigenvalue weighted by molar-refractivity contribution is 0.0772. The van der Waals surface area contributed by atoms with E-state index in [-0.39, 0.29) is 23.3 Å². The first-order valence-electron chi connectivity index (χ1n) is 8.65. The molecular weight excluding hydrogens is 344 g/mol. The van der Waals surface area contributed by atoms with Crippen LogP contribution >= 0.6 is 0 Å². The summed E-state index contributed by atoms with van der Waals surface area (Å²) in [4.78, 5) is 31.3. The minimum absolute atomic E-state index is 0.209. The number of benzene rings is 1. The van der Waals surface area contributed by atoms with Gasteiger partial charge in [0.05, 0.1) is 12.1 Å². The Morgan fingerprint density at radius 3 is 2.63 bits per heavy atom. The predicted octanol–water partition coefficient (Wildman–Crippen LogP) is 1.98. The van der Waals surface area contributed by atoms with Crippen LogP contribution in [0.2, 0.25) is 0 Å². The fourth-order valence-corrected chi connectivity index (χ4v) is 2.81. The van der Waals surface area contributed by atoms with Crippen molar-refractivity contribution in [1.82, 2.24) is 19.6 Å². The molecule has 0 aliphatic rings. The van der Waals surface area contributed by atoms with Gasteiger partial charge in [-0.2, -0.15) is 0 Å². The zero-order chi connectivity index (χ0) is 19.2. The zero-order valence-corrected chi connectivity index (χ0v) is 15.4. The molecule has 27 heavy (non-hydrogen) atoms. The van der Waals surface area contributed by atoms with Crippen molar-refractivity contribution >= 4 is 17.3 Å². The molecule has 0 saturated carbocycles. The summed E-state index contributed by atoms with van der Waals surface area (Å²) in [6.07, 6.45) is 1.73. The summed E-state index contributed by atoms with van der Waals surface area (Å²) in [5.41, 5.74) is 1.83. The Bertz CT molecular complexity index is 937. The van der Waals surface area contributed by atoms with Gasteiger partial charge in [-0.1, -0.05) is 36.4 Å². The molecule has 3 aromatic rings. The van der Waals surface area contributed by atoms with Crippen LogP contribution in [0.4, 0.5) is 0 Å². The van der Waals surface area contributed by atoms with Crippen molar-refractivity contribution in [2.24, 2.45) is 0 Å². The minimum Gasteiger partial charge on any atom is -0.383 e. The zero-order valence-electron chi connectivity index (χ0n) is 15.4. The summed E-state index contributed by atoms with van der Waals surface area (Å²) in [5, 5.41) is 2.75. The van der Waals surface area contributed by atoms with Crippen LogP contribution in [0.1, 0.15) is 26.7 Å². The number of nitrogens with zero attached hydrogens (tertiary/aromatic N) is 3. The number of nitrogens with one attached hydrogen (secondary N) is 1. The summed E-state index contributed by atoms with van der Waals surface area (Å²) < 4.78 is 6.59. The number of methoxy groups -OCH3 is 1. The largest absolute Gasteiger partial charge is 0.383 e. The molecule has 1 N–H and O–H groups in total. The predicted molar refractivity (Wildman–Crippen MR) is 102 cm³/mol. The average molecular weight is 366 g/mol. The highest BCUT2D eigenvalue weighted by atomic mass is 16.5. The molecule has 0 spiro atoms. The van der Waals surface area contributed by atoms with Crippen molar-refractivity contribution in [2.45, 2.75) is 6.54 Å². The molecule has 2 amide bonds. The van der Waals surface area contributed by atoms with E-state index in [2.05, 4.69) is 10.3 Å². The molecule has 0 saturated heterocycles. The van der Waals surface area contributed by atoms with Gasteiger partial charge >= 0.3 is 0 Å². The number of carbonyl (C=O) groups is 2. The van der Waals surface area contributed by atoms with Gasteiger partial charge < -0.3 is 15.0 Å². The molecule has 7 heteroatoms. The molecule has 0 aliphatic heterocycles. The van der Waals surface area contributed by atoms with E-state index in [0.29, 0.717) is 25.2 Å². The summed E-state index contributed by atoms with van der Waals surface area (Å²) >= 11 is 0. The Hall–Kier alpha value is -3.19. The van der Waals surface area contributed by atoms with Crippen molar-refractivity contribution in [3.05, 3.63) is 71.8 Å². The topological polar surface area (TPSA) is 75.9 Å². The lowest BCUT2D eigenvalue weighted by Gasteiger charge is -2.16. The molecule has 7 nitrogen and oxygen atoms in total. The number of amides is 2. The van der Waals surface area contributed by atoms with Gasteiger partial charge in [-0.3, -0.25) is 14.0 Å². The third-order valence-electron chi connectivity index (χ3n) is 4.16. The van der Waals surface area contributed by atoms with Gasteiger partial charge in [0.25, 0.3) is 11.8 Å². The number of hydrogen-bond acceptors (Lipinski definition) is 4. The van der Waals surface area contributed by atoms with Crippen LogP contribution in [0.25, 0.3) is 5.52 Å². The number of fused-ring (bicyclic) bond motifs is 1. The minimum atomic E-state index is -0.333. The second kappa shape index (κ2) is 8.46. The van der Waals surface area contributed by atoms with E-state index in [0.717, 1.165) is 5.56 Å². The van der Waals surface area contributed by atoms with Crippen LogP contribution in [-0.4, -0.2) is 53.4 Å². The summed E-state index contributed by atoms with van der Waals surface area (Å²) in [6.45, 7) is 1.23. The van der Waals surface area contributed by atoms with Crippen molar-refractivity contribution in [1.29, 1.82) is 0 Å². The fraction of sp³-hybridized carbons (Fsp3) is 0.250. The number of hydrogen-bond donors (Lipinski definition) is 1. The Kier molecular flexibility index (Phi) is 5.83. The van der Waals surface area contributed by atoms with E-state index in [1.165, 1.54) is 0 Å². The van der Waals surface area contributed by atoms with Gasteiger partial charge in [0.1, 0.15) is 0 Å².